The number of pyridine rings is 1. The van der Waals surface area contributed by atoms with Gasteiger partial charge in [0.25, 0.3) is 5.56 Å². The second-order valence-corrected chi connectivity index (χ2v) is 13.6. The lowest BCUT2D eigenvalue weighted by atomic mass is 9.93. The first-order valence-corrected chi connectivity index (χ1v) is 17.4. The van der Waals surface area contributed by atoms with Gasteiger partial charge in [-0.25, -0.2) is 13.4 Å². The van der Waals surface area contributed by atoms with Crippen LogP contribution in [-0.2, 0) is 39.4 Å². The van der Waals surface area contributed by atoms with Crippen molar-refractivity contribution in [2.75, 3.05) is 26.3 Å². The van der Waals surface area contributed by atoms with Crippen LogP contribution in [0.15, 0.2) is 52.3 Å². The van der Waals surface area contributed by atoms with Crippen molar-refractivity contribution in [1.29, 1.82) is 0 Å². The SMILES string of the molecule is CCCOc1ccc(S(=O)(=O)N2CCC(CCC(=O)OCCc3ccccn3)CC2)cc1-c1nc2c(CCC)nn(C)c2c(=O)[nH]1. The average Bonchev–Trinajstić information content (AvgIpc) is 3.38. The fourth-order valence-electron chi connectivity index (χ4n) is 5.77. The molecule has 1 saturated heterocycles. The Bertz CT molecular complexity index is 1810. The van der Waals surface area contributed by atoms with Gasteiger partial charge in [0.15, 0.2) is 5.52 Å². The molecule has 0 aliphatic carbocycles. The predicted molar refractivity (Wildman–Crippen MR) is 174 cm³/mol. The van der Waals surface area contributed by atoms with E-state index in [-0.39, 0.29) is 34.8 Å². The van der Waals surface area contributed by atoms with Crippen molar-refractivity contribution in [2.45, 2.75) is 70.1 Å². The minimum atomic E-state index is -3.84. The summed E-state index contributed by atoms with van der Waals surface area (Å²) in [5.74, 6) is 0.654. The molecule has 0 bridgehead atoms. The smallest absolute Gasteiger partial charge is 0.305 e. The molecule has 5 rings (SSSR count). The molecular weight excluding hydrogens is 608 g/mol. The maximum atomic E-state index is 13.8. The van der Waals surface area contributed by atoms with Gasteiger partial charge in [0.05, 0.1) is 29.4 Å². The number of hydrogen-bond donors (Lipinski definition) is 1. The summed E-state index contributed by atoms with van der Waals surface area (Å²) in [7, 11) is -2.13. The van der Waals surface area contributed by atoms with Gasteiger partial charge in [-0.05, 0) is 68.4 Å². The Morgan fingerprint density at radius 2 is 1.87 bits per heavy atom. The Labute approximate surface area is 269 Å². The van der Waals surface area contributed by atoms with Crippen molar-refractivity contribution in [1.82, 2.24) is 29.0 Å². The Hall–Kier alpha value is -4.10. The molecule has 3 aromatic heterocycles. The summed E-state index contributed by atoms with van der Waals surface area (Å²) in [5, 5.41) is 4.49. The van der Waals surface area contributed by atoms with Gasteiger partial charge in [-0.3, -0.25) is 19.3 Å². The molecule has 4 heterocycles. The van der Waals surface area contributed by atoms with Crippen LogP contribution >= 0.6 is 0 Å². The third-order valence-corrected chi connectivity index (χ3v) is 10.1. The van der Waals surface area contributed by atoms with Crippen molar-refractivity contribution >= 4 is 27.0 Å². The molecular formula is C33H42N6O6S. The molecule has 1 aliphatic heterocycles. The number of aromatic amines is 1. The number of aromatic nitrogens is 5. The molecule has 0 radical (unpaired) electrons. The Morgan fingerprint density at radius 1 is 1.07 bits per heavy atom. The van der Waals surface area contributed by atoms with E-state index in [4.69, 9.17) is 14.5 Å². The van der Waals surface area contributed by atoms with Crippen molar-refractivity contribution in [3.63, 3.8) is 0 Å². The van der Waals surface area contributed by atoms with Gasteiger partial charge in [-0.15, -0.1) is 0 Å². The first kappa shape index (κ1) is 33.3. The number of nitrogens with one attached hydrogen (secondary N) is 1. The summed E-state index contributed by atoms with van der Waals surface area (Å²) in [5.41, 5.74) is 2.50. The van der Waals surface area contributed by atoms with E-state index in [1.807, 2.05) is 32.0 Å². The highest BCUT2D eigenvalue weighted by atomic mass is 32.2. The molecule has 0 amide bonds. The summed E-state index contributed by atoms with van der Waals surface area (Å²) in [6, 6.07) is 10.3. The highest BCUT2D eigenvalue weighted by Gasteiger charge is 2.31. The van der Waals surface area contributed by atoms with Crippen LogP contribution in [0.1, 0.15) is 63.8 Å². The number of esters is 1. The topological polar surface area (TPSA) is 149 Å². The molecule has 0 spiro atoms. The fraction of sp³-hybridized carbons (Fsp3) is 0.485. The van der Waals surface area contributed by atoms with Gasteiger partial charge in [-0.2, -0.15) is 9.40 Å². The Balaban J connectivity index is 1.27. The maximum absolute atomic E-state index is 13.8. The van der Waals surface area contributed by atoms with Crippen molar-refractivity contribution in [3.8, 4) is 17.1 Å². The molecule has 1 fully saturated rings. The van der Waals surface area contributed by atoms with E-state index in [2.05, 4.69) is 15.1 Å². The summed E-state index contributed by atoms with van der Waals surface area (Å²) < 4.78 is 42.0. The molecule has 12 nitrogen and oxygen atoms in total. The molecule has 0 atom stereocenters. The number of piperidine rings is 1. The van der Waals surface area contributed by atoms with Gasteiger partial charge in [-0.1, -0.05) is 26.3 Å². The largest absolute Gasteiger partial charge is 0.493 e. The van der Waals surface area contributed by atoms with Crippen LogP contribution in [0.4, 0.5) is 0 Å². The van der Waals surface area contributed by atoms with Gasteiger partial charge >= 0.3 is 5.97 Å². The number of hydrogen-bond acceptors (Lipinski definition) is 9. The Kier molecular flexibility index (Phi) is 10.8. The van der Waals surface area contributed by atoms with E-state index in [0.29, 0.717) is 86.3 Å². The summed E-state index contributed by atoms with van der Waals surface area (Å²) in [4.78, 5) is 37.4. The number of rotatable bonds is 14. The molecule has 13 heteroatoms. The molecule has 246 valence electrons. The number of fused-ring (bicyclic) bond motifs is 1. The number of H-pyrrole nitrogens is 1. The lowest BCUT2D eigenvalue weighted by molar-refractivity contribution is -0.144. The summed E-state index contributed by atoms with van der Waals surface area (Å²) >= 11 is 0. The van der Waals surface area contributed by atoms with E-state index in [9.17, 15) is 18.0 Å². The minimum absolute atomic E-state index is 0.101. The number of sulfonamides is 1. The van der Waals surface area contributed by atoms with E-state index < -0.39 is 10.0 Å². The highest BCUT2D eigenvalue weighted by molar-refractivity contribution is 7.89. The van der Waals surface area contributed by atoms with Crippen LogP contribution in [0.3, 0.4) is 0 Å². The summed E-state index contributed by atoms with van der Waals surface area (Å²) in [6.07, 6.45) is 6.78. The molecule has 0 unspecified atom stereocenters. The number of carbonyl (C=O) groups is 1. The van der Waals surface area contributed by atoms with Crippen LogP contribution in [0.2, 0.25) is 0 Å². The number of benzene rings is 1. The van der Waals surface area contributed by atoms with Crippen LogP contribution in [0.5, 0.6) is 5.75 Å². The molecule has 46 heavy (non-hydrogen) atoms. The van der Waals surface area contributed by atoms with Crippen molar-refractivity contribution < 1.29 is 22.7 Å². The van der Waals surface area contributed by atoms with Crippen LogP contribution < -0.4 is 10.3 Å². The average molecular weight is 651 g/mol. The van der Waals surface area contributed by atoms with Crippen molar-refractivity contribution in [3.05, 3.63) is 64.3 Å². The number of nitrogens with zero attached hydrogens (tertiary/aromatic N) is 5. The summed E-state index contributed by atoms with van der Waals surface area (Å²) in [6.45, 7) is 5.42. The number of carbonyl (C=O) groups excluding carboxylic acids is 1. The second kappa shape index (κ2) is 15.0. The fourth-order valence-corrected chi connectivity index (χ4v) is 7.27. The molecule has 0 saturated carbocycles. The predicted octanol–water partition coefficient (Wildman–Crippen LogP) is 4.43. The lowest BCUT2D eigenvalue weighted by Gasteiger charge is -2.31. The second-order valence-electron chi connectivity index (χ2n) is 11.6. The zero-order valence-corrected chi connectivity index (χ0v) is 27.5. The third-order valence-electron chi connectivity index (χ3n) is 8.23. The van der Waals surface area contributed by atoms with E-state index in [0.717, 1.165) is 18.5 Å². The third kappa shape index (κ3) is 7.64. The normalized spacial score (nSPS) is 14.5. The molecule has 4 aromatic rings. The van der Waals surface area contributed by atoms with E-state index >= 15 is 0 Å². The van der Waals surface area contributed by atoms with Crippen molar-refractivity contribution in [2.24, 2.45) is 13.0 Å². The number of ether oxygens (including phenoxy) is 2. The maximum Gasteiger partial charge on any atom is 0.305 e. The van der Waals surface area contributed by atoms with E-state index in [1.54, 1.807) is 25.4 Å². The zero-order valence-electron chi connectivity index (χ0n) is 26.7. The minimum Gasteiger partial charge on any atom is -0.493 e. The van der Waals surface area contributed by atoms with Gasteiger partial charge < -0.3 is 14.5 Å². The van der Waals surface area contributed by atoms with Crippen LogP contribution in [-0.4, -0.2) is 69.7 Å². The highest BCUT2D eigenvalue weighted by Crippen LogP contribution is 2.34. The van der Waals surface area contributed by atoms with Gasteiger partial charge in [0, 0.05) is 44.9 Å². The molecule has 1 aromatic carbocycles. The number of aryl methyl sites for hydroxylation is 2. The molecule has 1 aliphatic rings. The standard InChI is InChI=1S/C33H42N6O6S/c1-4-8-27-30-31(38(3)37-27)33(41)36-32(35-30)26-22-25(11-12-28(26)44-20-5-2)46(42,43)39-18-14-23(15-19-39)10-13-29(40)45-21-16-24-9-6-7-17-34-24/h6-7,9,11-12,17,22-23H,4-5,8,10,13-16,18-21H2,1-3H3,(H,35,36,41). The monoisotopic (exact) mass is 650 g/mol. The lowest BCUT2D eigenvalue weighted by Crippen LogP contribution is -2.38. The van der Waals surface area contributed by atoms with Crippen LogP contribution in [0.25, 0.3) is 22.4 Å². The van der Waals surface area contributed by atoms with Gasteiger partial charge in [0.1, 0.15) is 17.1 Å². The van der Waals surface area contributed by atoms with E-state index in [1.165, 1.54) is 15.1 Å². The first-order valence-electron chi connectivity index (χ1n) is 16.0. The van der Waals surface area contributed by atoms with Crippen LogP contribution in [0, 0.1) is 5.92 Å². The quantitative estimate of drug-likeness (QED) is 0.196. The first-order chi connectivity index (χ1) is 22.2. The van der Waals surface area contributed by atoms with Gasteiger partial charge in [0.2, 0.25) is 10.0 Å². The Morgan fingerprint density at radius 3 is 2.59 bits per heavy atom. The zero-order chi connectivity index (χ0) is 32.7. The molecule has 1 N–H and O–H groups in total.